The number of methoxy groups -OCH3 is 1. The first-order valence-corrected chi connectivity index (χ1v) is 17.4. The van der Waals surface area contributed by atoms with Crippen molar-refractivity contribution >= 4 is 31.9 Å². The van der Waals surface area contributed by atoms with Gasteiger partial charge >= 0.3 is 15.3 Å². The Kier molecular flexibility index (Phi) is 11.4. The van der Waals surface area contributed by atoms with Crippen LogP contribution in [0.3, 0.4) is 0 Å². The quantitative estimate of drug-likeness (QED) is 0.286. The number of rotatable bonds is 12. The molecule has 0 bridgehead atoms. The summed E-state index contributed by atoms with van der Waals surface area (Å²) in [7, 11) is -3.41. The number of esters is 1. The van der Waals surface area contributed by atoms with Crippen molar-refractivity contribution in [3.05, 3.63) is 11.1 Å². The molecule has 0 amide bonds. The third-order valence-electron chi connectivity index (χ3n) is 3.41. The van der Waals surface area contributed by atoms with E-state index in [1.54, 1.807) is 6.92 Å². The molecular formula is C17H37O6Si3. The van der Waals surface area contributed by atoms with Crippen molar-refractivity contribution < 1.29 is 28.0 Å². The van der Waals surface area contributed by atoms with E-state index in [1.165, 1.54) is 7.11 Å². The molecule has 0 saturated heterocycles. The normalized spacial score (nSPS) is 15.0. The Labute approximate surface area is 162 Å². The van der Waals surface area contributed by atoms with Crippen molar-refractivity contribution in [1.82, 2.24) is 0 Å². The van der Waals surface area contributed by atoms with Crippen molar-refractivity contribution in [2.75, 3.05) is 13.7 Å². The molecule has 0 aromatic carbocycles. The second-order valence-electron chi connectivity index (χ2n) is 8.42. The van der Waals surface area contributed by atoms with Gasteiger partial charge in [-0.3, -0.25) is 0 Å². The lowest BCUT2D eigenvalue weighted by Crippen LogP contribution is -2.43. The molecular weight excluding hydrogens is 384 g/mol. The molecule has 153 valence electrons. The smallest absolute Gasteiger partial charge is 0.362 e. The van der Waals surface area contributed by atoms with E-state index in [1.807, 2.05) is 0 Å². The molecule has 0 aliphatic rings. The zero-order valence-electron chi connectivity index (χ0n) is 17.6. The van der Waals surface area contributed by atoms with Crippen LogP contribution in [0.1, 0.15) is 26.2 Å². The average molecular weight is 422 g/mol. The van der Waals surface area contributed by atoms with Crippen LogP contribution in [0.4, 0.5) is 0 Å². The molecule has 0 saturated carbocycles. The fourth-order valence-corrected chi connectivity index (χ4v) is 9.63. The van der Waals surface area contributed by atoms with Gasteiger partial charge in [0, 0.05) is 5.57 Å². The minimum atomic E-state index is -1.69. The zero-order chi connectivity index (χ0) is 20.5. The molecule has 1 unspecified atom stereocenters. The maximum absolute atomic E-state index is 11.8. The van der Waals surface area contributed by atoms with E-state index in [-0.39, 0.29) is 13.0 Å². The van der Waals surface area contributed by atoms with Crippen LogP contribution in [0.25, 0.3) is 0 Å². The van der Waals surface area contributed by atoms with Crippen molar-refractivity contribution in [1.29, 1.82) is 0 Å². The van der Waals surface area contributed by atoms with Crippen LogP contribution in [0.2, 0.25) is 45.3 Å². The highest BCUT2D eigenvalue weighted by atomic mass is 28.4. The van der Waals surface area contributed by atoms with Crippen molar-refractivity contribution in [2.24, 2.45) is 0 Å². The largest absolute Gasteiger partial charge is 0.466 e. The number of hydrogen-bond acceptors (Lipinski definition) is 6. The third kappa shape index (κ3) is 12.2. The fraction of sp³-hybridized carbons (Fsp3) is 0.824. The molecule has 9 heteroatoms. The van der Waals surface area contributed by atoms with Crippen LogP contribution >= 0.6 is 0 Å². The summed E-state index contributed by atoms with van der Waals surface area (Å²) in [5.41, 5.74) is 1.33. The molecule has 0 aliphatic heterocycles. The summed E-state index contributed by atoms with van der Waals surface area (Å²) in [5.74, 6) is -0.396. The van der Waals surface area contributed by atoms with Crippen molar-refractivity contribution in [2.45, 2.75) is 77.6 Å². The SMILES string of the molecule is COC(=O)C(C)=C(CCC[Si](O[Si](C)(C)C)O[Si](C)(C)C)CC(O)CO. The Balaban J connectivity index is 5.04. The van der Waals surface area contributed by atoms with Crippen LogP contribution in [-0.4, -0.2) is 61.9 Å². The highest BCUT2D eigenvalue weighted by Gasteiger charge is 2.30. The van der Waals surface area contributed by atoms with Crippen LogP contribution in [0.15, 0.2) is 11.1 Å². The van der Waals surface area contributed by atoms with Gasteiger partial charge in [0.25, 0.3) is 0 Å². The second-order valence-corrected chi connectivity index (χ2v) is 19.7. The van der Waals surface area contributed by atoms with E-state index in [2.05, 4.69) is 39.3 Å². The maximum Gasteiger partial charge on any atom is 0.362 e. The van der Waals surface area contributed by atoms with Crippen LogP contribution in [-0.2, 0) is 17.8 Å². The molecule has 0 rings (SSSR count). The first kappa shape index (κ1) is 25.7. The zero-order valence-corrected chi connectivity index (χ0v) is 20.6. The summed E-state index contributed by atoms with van der Waals surface area (Å²) in [4.78, 5) is 11.8. The van der Waals surface area contributed by atoms with Gasteiger partial charge in [0.2, 0.25) is 0 Å². The van der Waals surface area contributed by atoms with Crippen LogP contribution < -0.4 is 0 Å². The summed E-state index contributed by atoms with van der Waals surface area (Å²) < 4.78 is 17.4. The Bertz CT molecular complexity index is 452. The van der Waals surface area contributed by atoms with Gasteiger partial charge in [0.15, 0.2) is 16.6 Å². The Morgan fingerprint density at radius 2 is 1.58 bits per heavy atom. The minimum Gasteiger partial charge on any atom is -0.466 e. The van der Waals surface area contributed by atoms with Crippen LogP contribution in [0, 0.1) is 0 Å². The number of aliphatic hydroxyl groups excluding tert-OH is 2. The highest BCUT2D eigenvalue weighted by Crippen LogP contribution is 2.22. The van der Waals surface area contributed by atoms with Crippen LogP contribution in [0.5, 0.6) is 0 Å². The summed E-state index contributed by atoms with van der Waals surface area (Å²) >= 11 is 0. The van der Waals surface area contributed by atoms with E-state index in [9.17, 15) is 9.90 Å². The molecule has 0 heterocycles. The first-order chi connectivity index (χ1) is 11.8. The lowest BCUT2D eigenvalue weighted by Gasteiger charge is -2.29. The standard InChI is InChI=1S/C17H37O6Si3/c1-14(17(20)21-2)15(12-16(19)13-18)10-9-11-24(22-25(3,4)5)23-26(6,7)8/h16,18-19H,9-13H2,1-8H3. The Morgan fingerprint density at radius 1 is 1.08 bits per heavy atom. The molecule has 0 aromatic heterocycles. The molecule has 2 N–H and O–H groups in total. The third-order valence-corrected chi connectivity index (χ3v) is 10.9. The molecule has 1 atom stereocenters. The number of hydrogen-bond donors (Lipinski definition) is 2. The lowest BCUT2D eigenvalue weighted by molar-refractivity contribution is -0.136. The predicted octanol–water partition coefficient (Wildman–Crippen LogP) is 3.19. The van der Waals surface area contributed by atoms with Gasteiger partial charge in [-0.05, 0) is 71.5 Å². The van der Waals surface area contributed by atoms with Gasteiger partial charge in [-0.15, -0.1) is 0 Å². The maximum atomic E-state index is 11.8. The van der Waals surface area contributed by atoms with Crippen molar-refractivity contribution in [3.63, 3.8) is 0 Å². The lowest BCUT2D eigenvalue weighted by atomic mass is 9.98. The van der Waals surface area contributed by atoms with E-state index in [0.29, 0.717) is 12.0 Å². The molecule has 1 radical (unpaired) electrons. The van der Waals surface area contributed by atoms with Gasteiger partial charge in [-0.2, -0.15) is 0 Å². The van der Waals surface area contributed by atoms with Crippen molar-refractivity contribution in [3.8, 4) is 0 Å². The van der Waals surface area contributed by atoms with E-state index in [0.717, 1.165) is 18.0 Å². The topological polar surface area (TPSA) is 85.2 Å². The second kappa shape index (κ2) is 11.5. The molecule has 0 fully saturated rings. The monoisotopic (exact) mass is 421 g/mol. The highest BCUT2D eigenvalue weighted by molar-refractivity contribution is 6.81. The number of ether oxygens (including phenoxy) is 1. The van der Waals surface area contributed by atoms with Gasteiger partial charge in [-0.25, -0.2) is 4.79 Å². The van der Waals surface area contributed by atoms with E-state index in [4.69, 9.17) is 18.1 Å². The molecule has 0 aromatic rings. The number of carbonyl (C=O) groups is 1. The first-order valence-electron chi connectivity index (χ1n) is 9.08. The van der Waals surface area contributed by atoms with Gasteiger partial charge in [-0.1, -0.05) is 5.57 Å². The molecule has 0 aliphatic carbocycles. The molecule has 0 spiro atoms. The molecule has 26 heavy (non-hydrogen) atoms. The van der Waals surface area contributed by atoms with E-state index >= 15 is 0 Å². The Morgan fingerprint density at radius 3 is 1.96 bits per heavy atom. The summed E-state index contributed by atoms with van der Waals surface area (Å²) in [6.07, 6.45) is 0.857. The summed E-state index contributed by atoms with van der Waals surface area (Å²) in [6.45, 7) is 14.3. The predicted molar refractivity (Wildman–Crippen MR) is 111 cm³/mol. The average Bonchev–Trinajstić information content (AvgIpc) is 2.48. The summed E-state index contributed by atoms with van der Waals surface area (Å²) in [6, 6.07) is 0.826. The van der Waals surface area contributed by atoms with Gasteiger partial charge in [0.05, 0.1) is 19.8 Å². The fourth-order valence-electron chi connectivity index (χ4n) is 2.34. The van der Waals surface area contributed by atoms with Gasteiger partial charge < -0.3 is 23.2 Å². The summed E-state index contributed by atoms with van der Waals surface area (Å²) in [5, 5.41) is 18.9. The number of aliphatic hydroxyl groups is 2. The van der Waals surface area contributed by atoms with E-state index < -0.39 is 38.0 Å². The Hall–Kier alpha value is -0.299. The molecule has 6 nitrogen and oxygen atoms in total. The van der Waals surface area contributed by atoms with Gasteiger partial charge in [0.1, 0.15) is 0 Å². The minimum absolute atomic E-state index is 0.267. The number of carbonyl (C=O) groups excluding carboxylic acids is 1.